The maximum atomic E-state index is 11.9. The van der Waals surface area contributed by atoms with Crippen molar-refractivity contribution in [1.82, 2.24) is 20.1 Å². The number of rotatable bonds is 6. The van der Waals surface area contributed by atoms with E-state index in [-0.39, 0.29) is 11.9 Å². The van der Waals surface area contributed by atoms with Crippen molar-refractivity contribution in [1.29, 1.82) is 0 Å². The third-order valence-corrected chi connectivity index (χ3v) is 3.34. The lowest BCUT2D eigenvalue weighted by molar-refractivity contribution is 0.173. The van der Waals surface area contributed by atoms with Crippen LogP contribution in [0.15, 0.2) is 36.7 Å². The van der Waals surface area contributed by atoms with Crippen molar-refractivity contribution in [2.75, 3.05) is 11.9 Å². The van der Waals surface area contributed by atoms with Crippen molar-refractivity contribution in [3.63, 3.8) is 0 Å². The Labute approximate surface area is 129 Å². The molecule has 0 bridgehead atoms. The fraction of sp³-hybridized carbons (Fsp3) is 0.400. The summed E-state index contributed by atoms with van der Waals surface area (Å²) >= 11 is 0. The monoisotopic (exact) mass is 303 g/mol. The van der Waals surface area contributed by atoms with Gasteiger partial charge in [-0.3, -0.25) is 5.32 Å². The van der Waals surface area contributed by atoms with Gasteiger partial charge in [-0.1, -0.05) is 30.3 Å². The summed E-state index contributed by atoms with van der Waals surface area (Å²) in [5, 5.41) is 19.0. The summed E-state index contributed by atoms with van der Waals surface area (Å²) in [7, 11) is 1.70. The van der Waals surface area contributed by atoms with Crippen LogP contribution in [-0.2, 0) is 7.05 Å². The molecule has 0 fully saturated rings. The summed E-state index contributed by atoms with van der Waals surface area (Å²) in [5.41, 5.74) is 1.09. The number of benzene rings is 1. The quantitative estimate of drug-likeness (QED) is 0.754. The topological polar surface area (TPSA) is 92.1 Å². The van der Waals surface area contributed by atoms with Gasteiger partial charge in [0.1, 0.15) is 6.33 Å². The molecule has 0 spiro atoms. The Bertz CT molecular complexity index is 597. The summed E-state index contributed by atoms with van der Waals surface area (Å²) in [6, 6.07) is 9.48. The first-order valence-corrected chi connectivity index (χ1v) is 7.18. The SMILES string of the molecule is CC(O)CC(CNC(=O)Nc1ncnn1C)c1ccccc1. The molecule has 2 unspecified atom stereocenters. The Kier molecular flexibility index (Phi) is 5.48. The Morgan fingerprint density at radius 3 is 2.68 bits per heavy atom. The van der Waals surface area contributed by atoms with E-state index in [4.69, 9.17) is 0 Å². The molecule has 0 aliphatic carbocycles. The Balaban J connectivity index is 1.93. The second-order valence-electron chi connectivity index (χ2n) is 5.23. The van der Waals surface area contributed by atoms with Gasteiger partial charge in [-0.05, 0) is 18.9 Å². The number of hydrogen-bond donors (Lipinski definition) is 3. The lowest BCUT2D eigenvalue weighted by Crippen LogP contribution is -2.34. The number of anilines is 1. The highest BCUT2D eigenvalue weighted by atomic mass is 16.3. The van der Waals surface area contributed by atoms with Crippen LogP contribution in [0, 0.1) is 0 Å². The highest BCUT2D eigenvalue weighted by molar-refractivity contribution is 5.87. The number of aryl methyl sites for hydroxylation is 1. The first-order chi connectivity index (χ1) is 10.6. The van der Waals surface area contributed by atoms with Crippen LogP contribution in [0.3, 0.4) is 0 Å². The van der Waals surface area contributed by atoms with Gasteiger partial charge >= 0.3 is 6.03 Å². The molecule has 2 amide bonds. The van der Waals surface area contributed by atoms with Gasteiger partial charge in [0.25, 0.3) is 0 Å². The molecule has 0 saturated carbocycles. The highest BCUT2D eigenvalue weighted by Crippen LogP contribution is 2.20. The number of nitrogens with zero attached hydrogens (tertiary/aromatic N) is 3. The molecule has 118 valence electrons. The Hall–Kier alpha value is -2.41. The van der Waals surface area contributed by atoms with E-state index in [2.05, 4.69) is 20.7 Å². The van der Waals surface area contributed by atoms with E-state index in [9.17, 15) is 9.90 Å². The molecule has 1 heterocycles. The predicted octanol–water partition coefficient (Wildman–Crippen LogP) is 1.49. The van der Waals surface area contributed by atoms with Gasteiger partial charge in [0.2, 0.25) is 5.95 Å². The van der Waals surface area contributed by atoms with Crippen LogP contribution in [0.25, 0.3) is 0 Å². The van der Waals surface area contributed by atoms with E-state index in [0.717, 1.165) is 5.56 Å². The zero-order valence-corrected chi connectivity index (χ0v) is 12.7. The van der Waals surface area contributed by atoms with Crippen molar-refractivity contribution in [3.05, 3.63) is 42.2 Å². The van der Waals surface area contributed by atoms with Gasteiger partial charge < -0.3 is 10.4 Å². The molecular formula is C15H21N5O2. The number of aliphatic hydroxyl groups is 1. The number of hydrogen-bond acceptors (Lipinski definition) is 4. The Morgan fingerprint density at radius 2 is 2.09 bits per heavy atom. The summed E-state index contributed by atoms with van der Waals surface area (Å²) in [6.45, 7) is 2.17. The van der Waals surface area contributed by atoms with E-state index in [1.807, 2.05) is 30.3 Å². The van der Waals surface area contributed by atoms with Gasteiger partial charge in [0.15, 0.2) is 0 Å². The van der Waals surface area contributed by atoms with Gasteiger partial charge in [0.05, 0.1) is 6.10 Å². The molecule has 7 heteroatoms. The van der Waals surface area contributed by atoms with Gasteiger partial charge in [-0.2, -0.15) is 10.1 Å². The standard InChI is InChI=1S/C15H21N5O2/c1-11(21)8-13(12-6-4-3-5-7-12)9-16-15(22)19-14-17-10-18-20(14)2/h3-7,10-11,13,21H,8-9H2,1-2H3,(H2,16,17,18,19,22). The molecule has 2 rings (SSSR count). The summed E-state index contributed by atoms with van der Waals surface area (Å²) in [6.07, 6.45) is 1.51. The lowest BCUT2D eigenvalue weighted by atomic mass is 9.93. The third-order valence-electron chi connectivity index (χ3n) is 3.34. The molecular weight excluding hydrogens is 282 g/mol. The molecule has 7 nitrogen and oxygen atoms in total. The molecule has 0 radical (unpaired) electrons. The van der Waals surface area contributed by atoms with Crippen LogP contribution in [0.1, 0.15) is 24.8 Å². The minimum atomic E-state index is -0.436. The van der Waals surface area contributed by atoms with E-state index in [0.29, 0.717) is 18.9 Å². The van der Waals surface area contributed by atoms with Crippen molar-refractivity contribution in [2.24, 2.45) is 7.05 Å². The Morgan fingerprint density at radius 1 is 1.36 bits per heavy atom. The summed E-state index contributed by atoms with van der Waals surface area (Å²) in [5.74, 6) is 0.427. The van der Waals surface area contributed by atoms with Crippen molar-refractivity contribution in [2.45, 2.75) is 25.4 Å². The van der Waals surface area contributed by atoms with Gasteiger partial charge in [-0.25, -0.2) is 9.48 Å². The second kappa shape index (κ2) is 7.56. The van der Waals surface area contributed by atoms with Crippen LogP contribution in [-0.4, -0.2) is 38.6 Å². The van der Waals surface area contributed by atoms with Crippen LogP contribution in [0.4, 0.5) is 10.7 Å². The normalized spacial score (nSPS) is 13.4. The van der Waals surface area contributed by atoms with Crippen molar-refractivity contribution < 1.29 is 9.90 Å². The fourth-order valence-electron chi connectivity index (χ4n) is 2.25. The van der Waals surface area contributed by atoms with E-state index in [1.54, 1.807) is 14.0 Å². The molecule has 22 heavy (non-hydrogen) atoms. The minimum absolute atomic E-state index is 0.0476. The van der Waals surface area contributed by atoms with Crippen LogP contribution in [0.2, 0.25) is 0 Å². The zero-order valence-electron chi connectivity index (χ0n) is 12.7. The first kappa shape index (κ1) is 16.0. The van der Waals surface area contributed by atoms with Gasteiger partial charge in [-0.15, -0.1) is 0 Å². The molecule has 1 aromatic heterocycles. The molecule has 1 aromatic carbocycles. The van der Waals surface area contributed by atoms with Crippen LogP contribution < -0.4 is 10.6 Å². The molecule has 2 aromatic rings. The smallest absolute Gasteiger partial charge is 0.321 e. The fourth-order valence-corrected chi connectivity index (χ4v) is 2.25. The average molecular weight is 303 g/mol. The first-order valence-electron chi connectivity index (χ1n) is 7.18. The number of nitrogens with one attached hydrogen (secondary N) is 2. The number of carbonyl (C=O) groups excluding carboxylic acids is 1. The maximum Gasteiger partial charge on any atom is 0.321 e. The largest absolute Gasteiger partial charge is 0.393 e. The third kappa shape index (κ3) is 4.56. The highest BCUT2D eigenvalue weighted by Gasteiger charge is 2.16. The number of aromatic nitrogens is 3. The molecule has 0 aliphatic rings. The molecule has 0 aliphatic heterocycles. The van der Waals surface area contributed by atoms with Crippen molar-refractivity contribution in [3.8, 4) is 0 Å². The number of amides is 2. The molecule has 0 saturated heterocycles. The van der Waals surface area contributed by atoms with Crippen LogP contribution >= 0.6 is 0 Å². The molecule has 3 N–H and O–H groups in total. The maximum absolute atomic E-state index is 11.9. The van der Waals surface area contributed by atoms with Crippen LogP contribution in [0.5, 0.6) is 0 Å². The lowest BCUT2D eigenvalue weighted by Gasteiger charge is -2.19. The minimum Gasteiger partial charge on any atom is -0.393 e. The van der Waals surface area contributed by atoms with Crippen molar-refractivity contribution >= 4 is 12.0 Å². The number of aliphatic hydroxyl groups excluding tert-OH is 1. The molecule has 2 atom stereocenters. The number of carbonyl (C=O) groups is 1. The summed E-state index contributed by atoms with van der Waals surface area (Å²) < 4.78 is 1.48. The van der Waals surface area contributed by atoms with Gasteiger partial charge in [0, 0.05) is 19.5 Å². The second-order valence-corrected chi connectivity index (χ2v) is 5.23. The summed E-state index contributed by atoms with van der Waals surface area (Å²) in [4.78, 5) is 15.8. The van der Waals surface area contributed by atoms with E-state index in [1.165, 1.54) is 11.0 Å². The van der Waals surface area contributed by atoms with E-state index < -0.39 is 6.10 Å². The average Bonchev–Trinajstić information content (AvgIpc) is 2.89. The predicted molar refractivity (Wildman–Crippen MR) is 83.5 cm³/mol. The van der Waals surface area contributed by atoms with E-state index >= 15 is 0 Å². The number of urea groups is 1. The zero-order chi connectivity index (χ0) is 15.9.